The first kappa shape index (κ1) is 22.0. The molecule has 1 atom stereocenters. The lowest BCUT2D eigenvalue weighted by atomic mass is 10.1. The molecule has 138 valence electrons. The minimum Gasteiger partial charge on any atom is -0.355 e. The number of hydrogen-bond acceptors (Lipinski definition) is 2. The first-order valence-electron chi connectivity index (χ1n) is 7.71. The number of thioether (sulfide) groups is 1. The van der Waals surface area contributed by atoms with Crippen molar-refractivity contribution in [1.82, 2.24) is 10.6 Å². The van der Waals surface area contributed by atoms with E-state index < -0.39 is 11.7 Å². The lowest BCUT2D eigenvalue weighted by Crippen LogP contribution is -2.40. The summed E-state index contributed by atoms with van der Waals surface area (Å²) >= 11 is 1.96. The van der Waals surface area contributed by atoms with Crippen molar-refractivity contribution in [2.75, 3.05) is 25.9 Å². The van der Waals surface area contributed by atoms with Crippen LogP contribution in [-0.4, -0.2) is 37.1 Å². The molecule has 0 amide bonds. The van der Waals surface area contributed by atoms with Crippen LogP contribution in [0.3, 0.4) is 0 Å². The van der Waals surface area contributed by atoms with Crippen LogP contribution in [0.4, 0.5) is 13.2 Å². The third-order valence-corrected chi connectivity index (χ3v) is 4.91. The fourth-order valence-corrected chi connectivity index (χ4v) is 3.49. The number of nitrogens with one attached hydrogen (secondary N) is 2. The second-order valence-electron chi connectivity index (χ2n) is 5.32. The summed E-state index contributed by atoms with van der Waals surface area (Å²) in [6, 6.07) is 5.01. The van der Waals surface area contributed by atoms with Gasteiger partial charge in [-0.05, 0) is 36.8 Å². The van der Waals surface area contributed by atoms with Crippen LogP contribution in [0.2, 0.25) is 0 Å². The van der Waals surface area contributed by atoms with E-state index in [1.807, 2.05) is 11.8 Å². The molecule has 0 radical (unpaired) electrons. The number of rotatable bonds is 3. The van der Waals surface area contributed by atoms with E-state index in [1.165, 1.54) is 24.7 Å². The molecule has 0 spiro atoms. The molecule has 1 aromatic carbocycles. The Morgan fingerprint density at radius 1 is 1.36 bits per heavy atom. The standard InChI is InChI=1S/C17H20F3N3S.HI/c1-21-16(23-12-15-8-4-10-24-15)22-9-3-6-13-5-2-7-14(11-13)17(18,19)20;/h2,5,7,11,15H,4,8-10,12H2,1H3,(H2,21,22,23);1H. The van der Waals surface area contributed by atoms with Gasteiger partial charge in [0.1, 0.15) is 0 Å². The van der Waals surface area contributed by atoms with E-state index >= 15 is 0 Å². The molecule has 2 rings (SSSR count). The average Bonchev–Trinajstić information content (AvgIpc) is 3.07. The highest BCUT2D eigenvalue weighted by Crippen LogP contribution is 2.29. The molecule has 0 aromatic heterocycles. The number of aliphatic imine (C=N–C) groups is 1. The predicted octanol–water partition coefficient (Wildman–Crippen LogP) is 3.74. The molecule has 0 aliphatic carbocycles. The maximum absolute atomic E-state index is 12.6. The Bertz CT molecular complexity index is 632. The third kappa shape index (κ3) is 7.77. The molecule has 25 heavy (non-hydrogen) atoms. The van der Waals surface area contributed by atoms with Crippen LogP contribution in [0.5, 0.6) is 0 Å². The van der Waals surface area contributed by atoms with Gasteiger partial charge in [0.2, 0.25) is 0 Å². The maximum atomic E-state index is 12.6. The van der Waals surface area contributed by atoms with Gasteiger partial charge in [0.25, 0.3) is 0 Å². The predicted molar refractivity (Wildman–Crippen MR) is 109 cm³/mol. The third-order valence-electron chi connectivity index (χ3n) is 3.51. The summed E-state index contributed by atoms with van der Waals surface area (Å²) in [4.78, 5) is 4.11. The molecular weight excluding hydrogens is 462 g/mol. The number of guanidine groups is 1. The topological polar surface area (TPSA) is 36.4 Å². The van der Waals surface area contributed by atoms with Gasteiger partial charge in [-0.2, -0.15) is 24.9 Å². The first-order chi connectivity index (χ1) is 11.5. The minimum atomic E-state index is -4.35. The Hall–Kier alpha value is -1.08. The van der Waals surface area contributed by atoms with Gasteiger partial charge in [-0.15, -0.1) is 24.0 Å². The van der Waals surface area contributed by atoms with Gasteiger partial charge in [-0.3, -0.25) is 4.99 Å². The van der Waals surface area contributed by atoms with E-state index in [4.69, 9.17) is 0 Å². The van der Waals surface area contributed by atoms with Gasteiger partial charge < -0.3 is 10.6 Å². The molecule has 1 fully saturated rings. The van der Waals surface area contributed by atoms with Crippen molar-refractivity contribution in [3.05, 3.63) is 35.4 Å². The summed E-state index contributed by atoms with van der Waals surface area (Å²) < 4.78 is 37.9. The van der Waals surface area contributed by atoms with Gasteiger partial charge in [-0.25, -0.2) is 0 Å². The lowest BCUT2D eigenvalue weighted by molar-refractivity contribution is -0.137. The molecule has 1 unspecified atom stereocenters. The van der Waals surface area contributed by atoms with Crippen molar-refractivity contribution >= 4 is 41.7 Å². The number of alkyl halides is 3. The Labute approximate surface area is 167 Å². The summed E-state index contributed by atoms with van der Waals surface area (Å²) in [6.45, 7) is 1.17. The molecule has 1 aliphatic rings. The molecule has 8 heteroatoms. The van der Waals surface area contributed by atoms with Gasteiger partial charge in [0.15, 0.2) is 5.96 Å². The van der Waals surface area contributed by atoms with Crippen LogP contribution in [0.25, 0.3) is 0 Å². The molecule has 3 nitrogen and oxygen atoms in total. The second-order valence-corrected chi connectivity index (χ2v) is 6.73. The van der Waals surface area contributed by atoms with Crippen LogP contribution in [0.1, 0.15) is 24.0 Å². The van der Waals surface area contributed by atoms with Crippen LogP contribution >= 0.6 is 35.7 Å². The van der Waals surface area contributed by atoms with Crippen LogP contribution in [0.15, 0.2) is 29.3 Å². The SMILES string of the molecule is CN=C(NCC#Cc1cccc(C(F)(F)F)c1)NCC1CCCS1.I. The van der Waals surface area contributed by atoms with Gasteiger partial charge in [0.05, 0.1) is 12.1 Å². The lowest BCUT2D eigenvalue weighted by Gasteiger charge is -2.13. The molecule has 1 aliphatic heterocycles. The summed E-state index contributed by atoms with van der Waals surface area (Å²) in [5.74, 6) is 7.42. The van der Waals surface area contributed by atoms with Crippen molar-refractivity contribution in [3.63, 3.8) is 0 Å². The van der Waals surface area contributed by atoms with Gasteiger partial charge >= 0.3 is 6.18 Å². The van der Waals surface area contributed by atoms with E-state index in [1.54, 1.807) is 13.1 Å². The molecule has 0 saturated carbocycles. The van der Waals surface area contributed by atoms with Crippen molar-refractivity contribution in [2.45, 2.75) is 24.3 Å². The summed E-state index contributed by atoms with van der Waals surface area (Å²) in [5.41, 5.74) is -0.342. The van der Waals surface area contributed by atoms with Gasteiger partial charge in [0, 0.05) is 24.4 Å². The van der Waals surface area contributed by atoms with Crippen LogP contribution in [0, 0.1) is 11.8 Å². The first-order valence-corrected chi connectivity index (χ1v) is 8.76. The zero-order valence-electron chi connectivity index (χ0n) is 13.8. The Morgan fingerprint density at radius 2 is 2.16 bits per heavy atom. The number of halogens is 4. The highest BCUT2D eigenvalue weighted by Gasteiger charge is 2.30. The molecule has 0 bridgehead atoms. The maximum Gasteiger partial charge on any atom is 0.416 e. The number of benzene rings is 1. The normalized spacial score (nSPS) is 17.3. The molecule has 1 heterocycles. The smallest absolute Gasteiger partial charge is 0.355 e. The molecule has 1 saturated heterocycles. The monoisotopic (exact) mass is 483 g/mol. The Morgan fingerprint density at radius 3 is 2.80 bits per heavy atom. The van der Waals surface area contributed by atoms with Crippen molar-refractivity contribution < 1.29 is 13.2 Å². The molecule has 1 aromatic rings. The Kier molecular flexibility index (Phi) is 9.50. The Balaban J connectivity index is 0.00000312. The van der Waals surface area contributed by atoms with Crippen molar-refractivity contribution in [2.24, 2.45) is 4.99 Å². The van der Waals surface area contributed by atoms with E-state index in [0.717, 1.165) is 18.7 Å². The zero-order valence-corrected chi connectivity index (χ0v) is 17.0. The molecular formula is C17H21F3IN3S. The van der Waals surface area contributed by atoms with E-state index in [9.17, 15) is 13.2 Å². The zero-order chi connectivity index (χ0) is 17.4. The fourth-order valence-electron chi connectivity index (χ4n) is 2.28. The average molecular weight is 483 g/mol. The second kappa shape index (κ2) is 10.8. The summed E-state index contributed by atoms with van der Waals surface area (Å²) in [7, 11) is 1.68. The number of nitrogens with zero attached hydrogens (tertiary/aromatic N) is 1. The summed E-state index contributed by atoms with van der Waals surface area (Å²) in [6.07, 6.45) is -1.88. The van der Waals surface area contributed by atoms with E-state index in [-0.39, 0.29) is 24.0 Å². The number of hydrogen-bond donors (Lipinski definition) is 2. The highest BCUT2D eigenvalue weighted by atomic mass is 127. The van der Waals surface area contributed by atoms with E-state index in [0.29, 0.717) is 23.3 Å². The minimum absolute atomic E-state index is 0. The van der Waals surface area contributed by atoms with Crippen LogP contribution in [-0.2, 0) is 6.18 Å². The molecule has 2 N–H and O–H groups in total. The highest BCUT2D eigenvalue weighted by molar-refractivity contribution is 14.0. The quantitative estimate of drug-likeness (QED) is 0.298. The van der Waals surface area contributed by atoms with Gasteiger partial charge in [-0.1, -0.05) is 17.9 Å². The fraction of sp³-hybridized carbons (Fsp3) is 0.471. The van der Waals surface area contributed by atoms with Crippen molar-refractivity contribution in [1.29, 1.82) is 0 Å². The van der Waals surface area contributed by atoms with E-state index in [2.05, 4.69) is 27.5 Å². The summed E-state index contributed by atoms with van der Waals surface area (Å²) in [5, 5.41) is 6.89. The van der Waals surface area contributed by atoms with Crippen LogP contribution < -0.4 is 10.6 Å². The largest absolute Gasteiger partial charge is 0.416 e. The van der Waals surface area contributed by atoms with Crippen molar-refractivity contribution in [3.8, 4) is 11.8 Å².